The Balaban J connectivity index is 1.78. The van der Waals surface area contributed by atoms with E-state index in [9.17, 15) is 13.8 Å². The van der Waals surface area contributed by atoms with Gasteiger partial charge in [-0.05, 0) is 60.4 Å². The van der Waals surface area contributed by atoms with Crippen molar-refractivity contribution in [2.45, 2.75) is 36.6 Å². The van der Waals surface area contributed by atoms with E-state index in [1.54, 1.807) is 59.5 Å². The summed E-state index contributed by atoms with van der Waals surface area (Å²) in [6, 6.07) is 19.2. The highest BCUT2D eigenvalue weighted by Crippen LogP contribution is 2.36. The Kier molecular flexibility index (Phi) is 6.96. The van der Waals surface area contributed by atoms with Gasteiger partial charge < -0.3 is 10.2 Å². The van der Waals surface area contributed by atoms with Gasteiger partial charge in [0.05, 0.1) is 38.4 Å². The van der Waals surface area contributed by atoms with Crippen molar-refractivity contribution in [3.8, 4) is 0 Å². The highest BCUT2D eigenvalue weighted by atomic mass is 35.5. The first-order valence-corrected chi connectivity index (χ1v) is 12.4. The molecule has 1 heterocycles. The molecule has 1 aliphatic rings. The molecule has 1 unspecified atom stereocenters. The summed E-state index contributed by atoms with van der Waals surface area (Å²) in [5, 5.41) is 3.50. The van der Waals surface area contributed by atoms with Crippen molar-refractivity contribution >= 4 is 39.9 Å². The van der Waals surface area contributed by atoms with Crippen LogP contribution in [0.1, 0.15) is 46.5 Å². The molecule has 33 heavy (non-hydrogen) atoms. The second-order valence-corrected chi connectivity index (χ2v) is 10.3. The number of nitrogens with one attached hydrogen (secondary N) is 1. The van der Waals surface area contributed by atoms with Gasteiger partial charge in [0, 0.05) is 17.1 Å². The van der Waals surface area contributed by atoms with E-state index < -0.39 is 10.8 Å². The van der Waals surface area contributed by atoms with Crippen molar-refractivity contribution in [3.05, 3.63) is 88.4 Å². The molecule has 170 valence electrons. The van der Waals surface area contributed by atoms with Crippen molar-refractivity contribution < 1.29 is 13.8 Å². The molecule has 1 aliphatic heterocycles. The smallest absolute Gasteiger partial charge is 0.259 e. The summed E-state index contributed by atoms with van der Waals surface area (Å²) >= 11 is 6.17. The second kappa shape index (κ2) is 9.89. The van der Waals surface area contributed by atoms with Gasteiger partial charge in [0.1, 0.15) is 0 Å². The van der Waals surface area contributed by atoms with Crippen LogP contribution in [-0.2, 0) is 17.3 Å². The van der Waals surface area contributed by atoms with Crippen molar-refractivity contribution in [1.82, 2.24) is 5.32 Å². The summed E-state index contributed by atoms with van der Waals surface area (Å²) in [6.45, 7) is 4.99. The fourth-order valence-corrected chi connectivity index (χ4v) is 5.31. The summed E-state index contributed by atoms with van der Waals surface area (Å²) in [5.74, 6) is -0.0136. The van der Waals surface area contributed by atoms with Crippen LogP contribution in [0, 0.1) is 5.92 Å². The summed E-state index contributed by atoms with van der Waals surface area (Å²) in [5.41, 5.74) is 2.10. The number of hydrogen-bond donors (Lipinski definition) is 1. The first-order valence-electron chi connectivity index (χ1n) is 10.8. The lowest BCUT2D eigenvalue weighted by molar-refractivity contribution is 0.0948. The molecule has 0 radical (unpaired) electrons. The summed E-state index contributed by atoms with van der Waals surface area (Å²) in [7, 11) is -1.56. The SMILES string of the molecule is CC(C)CCNC(=O)c1ccc2c(c1)N(Cc1cccc(Cl)c1)C(=O)c1ccccc1S2=O. The monoisotopic (exact) mass is 480 g/mol. The van der Waals surface area contributed by atoms with Crippen LogP contribution >= 0.6 is 11.6 Å². The van der Waals surface area contributed by atoms with E-state index in [0.717, 1.165) is 12.0 Å². The van der Waals surface area contributed by atoms with Gasteiger partial charge in [0.15, 0.2) is 0 Å². The predicted octanol–water partition coefficient (Wildman–Crippen LogP) is 5.44. The molecule has 0 aliphatic carbocycles. The van der Waals surface area contributed by atoms with Gasteiger partial charge in [0.25, 0.3) is 11.8 Å². The van der Waals surface area contributed by atoms with Gasteiger partial charge in [-0.15, -0.1) is 0 Å². The van der Waals surface area contributed by atoms with Crippen LogP contribution in [0.2, 0.25) is 5.02 Å². The second-order valence-electron chi connectivity index (χ2n) is 8.41. The van der Waals surface area contributed by atoms with Crippen molar-refractivity contribution in [2.24, 2.45) is 5.92 Å². The highest BCUT2D eigenvalue weighted by Gasteiger charge is 2.31. The lowest BCUT2D eigenvalue weighted by Crippen LogP contribution is -2.31. The maximum Gasteiger partial charge on any atom is 0.259 e. The zero-order valence-electron chi connectivity index (χ0n) is 18.5. The standard InChI is InChI=1S/C26H25ClN2O3S/c1-17(2)12-13-28-25(30)19-10-11-24-22(15-19)29(16-18-6-5-7-20(27)14-18)26(31)21-8-3-4-9-23(21)33(24)32/h3-11,14-15,17H,12-13,16H2,1-2H3,(H,28,30). The Morgan fingerprint density at radius 1 is 1.03 bits per heavy atom. The Morgan fingerprint density at radius 3 is 2.58 bits per heavy atom. The molecule has 0 bridgehead atoms. The number of carbonyl (C=O) groups excluding carboxylic acids is 2. The van der Waals surface area contributed by atoms with E-state index in [1.807, 2.05) is 12.1 Å². The molecule has 4 rings (SSSR count). The van der Waals surface area contributed by atoms with Gasteiger partial charge in [-0.3, -0.25) is 9.59 Å². The van der Waals surface area contributed by atoms with Crippen LogP contribution in [0.4, 0.5) is 5.69 Å². The van der Waals surface area contributed by atoms with Gasteiger partial charge >= 0.3 is 0 Å². The third-order valence-corrected chi connectivity index (χ3v) is 7.25. The normalized spacial score (nSPS) is 15.1. The van der Waals surface area contributed by atoms with Crippen LogP contribution in [-0.4, -0.2) is 22.6 Å². The lowest BCUT2D eigenvalue weighted by Gasteiger charge is -2.24. The number of hydrogen-bond acceptors (Lipinski definition) is 3. The van der Waals surface area contributed by atoms with Crippen LogP contribution in [0.5, 0.6) is 0 Å². The number of anilines is 1. The molecule has 5 nitrogen and oxygen atoms in total. The molecule has 1 atom stereocenters. The largest absolute Gasteiger partial charge is 0.352 e. The molecular weight excluding hydrogens is 456 g/mol. The zero-order valence-corrected chi connectivity index (χ0v) is 20.1. The average Bonchev–Trinajstić information content (AvgIpc) is 2.88. The van der Waals surface area contributed by atoms with Gasteiger partial charge in [-0.2, -0.15) is 0 Å². The third-order valence-electron chi connectivity index (χ3n) is 5.51. The first kappa shape index (κ1) is 23.2. The van der Waals surface area contributed by atoms with Crippen LogP contribution in [0.15, 0.2) is 76.5 Å². The summed E-state index contributed by atoms with van der Waals surface area (Å²) in [4.78, 5) is 28.9. The quantitative estimate of drug-likeness (QED) is 0.510. The topological polar surface area (TPSA) is 66.5 Å². The maximum absolute atomic E-state index is 13.6. The number of nitrogens with zero attached hydrogens (tertiary/aromatic N) is 1. The Morgan fingerprint density at radius 2 is 1.82 bits per heavy atom. The first-order chi connectivity index (χ1) is 15.8. The van der Waals surface area contributed by atoms with Gasteiger partial charge in [-0.1, -0.05) is 49.7 Å². The van der Waals surface area contributed by atoms with E-state index in [1.165, 1.54) is 0 Å². The van der Waals surface area contributed by atoms with Crippen molar-refractivity contribution in [3.63, 3.8) is 0 Å². The van der Waals surface area contributed by atoms with E-state index in [-0.39, 0.29) is 18.4 Å². The predicted molar refractivity (Wildman–Crippen MR) is 131 cm³/mol. The third kappa shape index (κ3) is 5.02. The number of halogens is 1. The highest BCUT2D eigenvalue weighted by molar-refractivity contribution is 7.85. The maximum atomic E-state index is 13.6. The lowest BCUT2D eigenvalue weighted by atomic mass is 10.1. The summed E-state index contributed by atoms with van der Waals surface area (Å²) < 4.78 is 13.5. The Labute approximate surface area is 201 Å². The van der Waals surface area contributed by atoms with Crippen LogP contribution in [0.25, 0.3) is 0 Å². The molecule has 1 N–H and O–H groups in total. The Bertz CT molecular complexity index is 1240. The van der Waals surface area contributed by atoms with Crippen molar-refractivity contribution in [1.29, 1.82) is 0 Å². The van der Waals surface area contributed by atoms with E-state index in [2.05, 4.69) is 19.2 Å². The summed E-state index contributed by atoms with van der Waals surface area (Å²) in [6.07, 6.45) is 0.870. The van der Waals surface area contributed by atoms with Crippen molar-refractivity contribution in [2.75, 3.05) is 11.4 Å². The van der Waals surface area contributed by atoms with E-state index in [0.29, 0.717) is 44.1 Å². The average molecular weight is 481 g/mol. The van der Waals surface area contributed by atoms with E-state index in [4.69, 9.17) is 11.6 Å². The minimum absolute atomic E-state index is 0.221. The Hall–Kier alpha value is -2.96. The van der Waals surface area contributed by atoms with Gasteiger partial charge in [0.2, 0.25) is 0 Å². The molecule has 3 aromatic carbocycles. The molecule has 2 amide bonds. The molecule has 0 spiro atoms. The molecule has 3 aromatic rings. The number of fused-ring (bicyclic) bond motifs is 2. The molecule has 0 fully saturated rings. The zero-order chi connectivity index (χ0) is 23.5. The molecule has 0 saturated heterocycles. The van der Waals surface area contributed by atoms with Gasteiger partial charge in [-0.25, -0.2) is 4.21 Å². The molecule has 0 aromatic heterocycles. The molecular formula is C26H25ClN2O3S. The van der Waals surface area contributed by atoms with Crippen LogP contribution < -0.4 is 10.2 Å². The number of amides is 2. The fraction of sp³-hybridized carbons (Fsp3) is 0.231. The minimum atomic E-state index is -1.56. The molecule has 7 heteroatoms. The number of carbonyl (C=O) groups is 2. The van der Waals surface area contributed by atoms with Crippen LogP contribution in [0.3, 0.4) is 0 Å². The number of rotatable bonds is 6. The molecule has 0 saturated carbocycles. The van der Waals surface area contributed by atoms with E-state index >= 15 is 0 Å². The minimum Gasteiger partial charge on any atom is -0.352 e. The number of benzene rings is 3. The fourth-order valence-electron chi connectivity index (χ4n) is 3.76.